The number of anilines is 3. The summed E-state index contributed by atoms with van der Waals surface area (Å²) in [6.07, 6.45) is 0.104. The number of aryl methyl sites for hydroxylation is 1. The third-order valence-corrected chi connectivity index (χ3v) is 8.77. The first-order valence-corrected chi connectivity index (χ1v) is 20.5. The largest absolute Gasteiger partial charge is 0.460 e. The van der Waals surface area contributed by atoms with Crippen molar-refractivity contribution in [2.45, 2.75) is 113 Å². The van der Waals surface area contributed by atoms with Gasteiger partial charge in [-0.05, 0) is 87.8 Å². The van der Waals surface area contributed by atoms with Crippen LogP contribution in [0.25, 0.3) is 0 Å². The molecule has 2 atom stereocenters. The molecule has 0 fully saturated rings. The number of aromatic nitrogens is 1. The van der Waals surface area contributed by atoms with E-state index >= 15 is 0 Å². The standard InChI is InChI=1S/C45H64N6O9/c1-11-33(34-16-19-39(51(26-29(2)3)27-30(4)5)37(21-34)50-43(55)49-36-17-14-31(6)15-18-36)22-40(52)58-32(7)59-44(56)48-23-38-35(13-12-20-47-38)28-57-41(53)24-46-25-42(54)60-45(8,9)10/h12-21,29-30,32-33,46H,11,22-28H2,1-10H3,(H,48,56)(H2,49,50,55)/t32-,33?/m0/s1. The average Bonchev–Trinajstić information content (AvgIpc) is 3.15. The van der Waals surface area contributed by atoms with Crippen LogP contribution in [0.5, 0.6) is 0 Å². The molecule has 0 bridgehead atoms. The molecular weight excluding hydrogens is 769 g/mol. The van der Waals surface area contributed by atoms with Crippen LogP contribution in [-0.2, 0) is 46.5 Å². The Kier molecular flexibility index (Phi) is 19.3. The van der Waals surface area contributed by atoms with Gasteiger partial charge in [0.25, 0.3) is 0 Å². The van der Waals surface area contributed by atoms with Crippen LogP contribution in [0.2, 0.25) is 0 Å². The topological polar surface area (TPSA) is 187 Å². The van der Waals surface area contributed by atoms with Crippen molar-refractivity contribution in [1.29, 1.82) is 0 Å². The van der Waals surface area contributed by atoms with Crippen molar-refractivity contribution in [2.75, 3.05) is 41.7 Å². The highest BCUT2D eigenvalue weighted by molar-refractivity contribution is 6.02. The second-order valence-corrected chi connectivity index (χ2v) is 16.5. The molecular formula is C45H64N6O9. The molecule has 15 nitrogen and oxygen atoms in total. The smallest absolute Gasteiger partial charge is 0.410 e. The van der Waals surface area contributed by atoms with Gasteiger partial charge in [0.15, 0.2) is 0 Å². The molecule has 0 spiro atoms. The first kappa shape index (κ1) is 48.7. The van der Waals surface area contributed by atoms with Crippen LogP contribution < -0.4 is 26.2 Å². The van der Waals surface area contributed by atoms with Crippen molar-refractivity contribution in [3.8, 4) is 0 Å². The van der Waals surface area contributed by atoms with E-state index < -0.39 is 35.9 Å². The van der Waals surface area contributed by atoms with Gasteiger partial charge >= 0.3 is 30.0 Å². The number of amides is 3. The Morgan fingerprint density at radius 1 is 0.817 bits per heavy atom. The van der Waals surface area contributed by atoms with Crippen LogP contribution in [0.3, 0.4) is 0 Å². The number of esters is 3. The summed E-state index contributed by atoms with van der Waals surface area (Å²) in [7, 11) is 0. The molecule has 2 aromatic carbocycles. The van der Waals surface area contributed by atoms with E-state index in [0.29, 0.717) is 40.9 Å². The van der Waals surface area contributed by atoms with Crippen LogP contribution in [0.15, 0.2) is 60.8 Å². The zero-order chi connectivity index (χ0) is 44.4. The second kappa shape index (κ2) is 23.8. The Balaban J connectivity index is 1.59. The number of nitrogens with one attached hydrogen (secondary N) is 4. The third-order valence-electron chi connectivity index (χ3n) is 8.77. The van der Waals surface area contributed by atoms with Gasteiger partial charge in [0.1, 0.15) is 12.2 Å². The summed E-state index contributed by atoms with van der Waals surface area (Å²) >= 11 is 0. The van der Waals surface area contributed by atoms with Crippen molar-refractivity contribution in [2.24, 2.45) is 11.8 Å². The molecule has 3 rings (SSSR count). The summed E-state index contributed by atoms with van der Waals surface area (Å²) in [6, 6.07) is 16.4. The van der Waals surface area contributed by atoms with Gasteiger partial charge in [-0.2, -0.15) is 0 Å². The summed E-state index contributed by atoms with van der Waals surface area (Å²) in [6.45, 7) is 20.3. The molecule has 1 aromatic heterocycles. The van der Waals surface area contributed by atoms with Gasteiger partial charge in [0.05, 0.1) is 43.1 Å². The quantitative estimate of drug-likeness (QED) is 0.0464. The molecule has 15 heteroatoms. The number of carbonyl (C=O) groups excluding carboxylic acids is 5. The van der Waals surface area contributed by atoms with Gasteiger partial charge in [-0.1, -0.05) is 64.4 Å². The second-order valence-electron chi connectivity index (χ2n) is 16.5. The Hall–Kier alpha value is -5.70. The van der Waals surface area contributed by atoms with Gasteiger partial charge in [-0.3, -0.25) is 24.7 Å². The number of urea groups is 1. The molecule has 0 aliphatic rings. The molecule has 0 saturated carbocycles. The maximum Gasteiger partial charge on any atom is 0.410 e. The SMILES string of the molecule is CCC(CC(=O)O[C@H](C)OC(=O)NCc1ncccc1COC(=O)CNCC(=O)OC(C)(C)C)c1ccc(N(CC(C)C)CC(C)C)c(NC(=O)Nc2ccc(C)cc2)c1. The fraction of sp³-hybridized carbons (Fsp3) is 0.511. The fourth-order valence-corrected chi connectivity index (χ4v) is 6.18. The Morgan fingerprint density at radius 3 is 2.12 bits per heavy atom. The third kappa shape index (κ3) is 18.1. The molecule has 0 aliphatic heterocycles. The number of hydrogen-bond donors (Lipinski definition) is 4. The minimum atomic E-state index is -1.20. The first-order valence-electron chi connectivity index (χ1n) is 20.5. The van der Waals surface area contributed by atoms with Crippen LogP contribution >= 0.6 is 0 Å². The first-order chi connectivity index (χ1) is 28.3. The molecule has 3 aromatic rings. The number of rotatable bonds is 21. The lowest BCUT2D eigenvalue weighted by molar-refractivity contribution is -0.165. The Morgan fingerprint density at radius 2 is 1.48 bits per heavy atom. The monoisotopic (exact) mass is 832 g/mol. The van der Waals surface area contributed by atoms with E-state index in [1.165, 1.54) is 13.1 Å². The summed E-state index contributed by atoms with van der Waals surface area (Å²) in [5.74, 6) is -1.15. The summed E-state index contributed by atoms with van der Waals surface area (Å²) in [5, 5.41) is 11.3. The summed E-state index contributed by atoms with van der Waals surface area (Å²) in [5.41, 5.74) is 4.45. The molecule has 4 N–H and O–H groups in total. The van der Waals surface area contributed by atoms with Gasteiger partial charge < -0.3 is 39.8 Å². The molecule has 328 valence electrons. The van der Waals surface area contributed by atoms with Crippen LogP contribution in [-0.4, -0.2) is 73.1 Å². The van der Waals surface area contributed by atoms with Crippen LogP contribution in [0.1, 0.15) is 103 Å². The van der Waals surface area contributed by atoms with Crippen molar-refractivity contribution >= 4 is 47.1 Å². The van der Waals surface area contributed by atoms with Crippen molar-refractivity contribution < 1.29 is 42.9 Å². The van der Waals surface area contributed by atoms with Gasteiger partial charge in [0.2, 0.25) is 6.29 Å². The number of hydrogen-bond acceptors (Lipinski definition) is 12. The van der Waals surface area contributed by atoms with E-state index in [4.69, 9.17) is 18.9 Å². The van der Waals surface area contributed by atoms with Gasteiger partial charge in [-0.25, -0.2) is 9.59 Å². The predicted octanol–water partition coefficient (Wildman–Crippen LogP) is 7.83. The minimum Gasteiger partial charge on any atom is -0.460 e. The zero-order valence-electron chi connectivity index (χ0n) is 36.8. The lowest BCUT2D eigenvalue weighted by Crippen LogP contribution is -2.34. The van der Waals surface area contributed by atoms with E-state index in [2.05, 4.69) is 58.8 Å². The normalized spacial score (nSPS) is 12.3. The molecule has 3 amide bonds. The molecule has 0 saturated heterocycles. The molecule has 0 aliphatic carbocycles. The van der Waals surface area contributed by atoms with Crippen molar-refractivity contribution in [3.05, 3.63) is 83.2 Å². The molecule has 60 heavy (non-hydrogen) atoms. The molecule has 0 radical (unpaired) electrons. The van der Waals surface area contributed by atoms with Gasteiger partial charge in [0, 0.05) is 37.5 Å². The van der Waals surface area contributed by atoms with E-state index in [-0.39, 0.29) is 44.6 Å². The summed E-state index contributed by atoms with van der Waals surface area (Å²) in [4.78, 5) is 69.8. The van der Waals surface area contributed by atoms with E-state index in [1.807, 2.05) is 56.3 Å². The van der Waals surface area contributed by atoms with E-state index in [1.54, 1.807) is 32.9 Å². The lowest BCUT2D eigenvalue weighted by atomic mass is 9.92. The lowest BCUT2D eigenvalue weighted by Gasteiger charge is -2.31. The number of alkyl carbamates (subject to hydrolysis) is 1. The Labute approximate surface area is 354 Å². The number of benzene rings is 2. The Bertz CT molecular complexity index is 1870. The average molecular weight is 833 g/mol. The van der Waals surface area contributed by atoms with Crippen molar-refractivity contribution in [3.63, 3.8) is 0 Å². The predicted molar refractivity (Wildman–Crippen MR) is 231 cm³/mol. The number of carbonyl (C=O) groups is 5. The maximum atomic E-state index is 13.3. The number of ether oxygens (including phenoxy) is 4. The zero-order valence-corrected chi connectivity index (χ0v) is 36.8. The summed E-state index contributed by atoms with van der Waals surface area (Å²) < 4.78 is 21.3. The van der Waals surface area contributed by atoms with E-state index in [0.717, 1.165) is 29.9 Å². The molecule has 1 heterocycles. The van der Waals surface area contributed by atoms with Crippen LogP contribution in [0, 0.1) is 18.8 Å². The van der Waals surface area contributed by atoms with Crippen LogP contribution in [0.4, 0.5) is 26.7 Å². The highest BCUT2D eigenvalue weighted by atomic mass is 16.7. The maximum absolute atomic E-state index is 13.3. The number of nitrogens with zero attached hydrogens (tertiary/aromatic N) is 2. The van der Waals surface area contributed by atoms with Gasteiger partial charge in [-0.15, -0.1) is 0 Å². The highest BCUT2D eigenvalue weighted by Crippen LogP contribution is 2.34. The molecule has 1 unspecified atom stereocenters. The van der Waals surface area contributed by atoms with E-state index in [9.17, 15) is 24.0 Å². The number of pyridine rings is 1. The highest BCUT2D eigenvalue weighted by Gasteiger charge is 2.23. The minimum absolute atomic E-state index is 0.00834. The fourth-order valence-electron chi connectivity index (χ4n) is 6.18. The van der Waals surface area contributed by atoms with Crippen molar-refractivity contribution in [1.82, 2.24) is 15.6 Å².